The summed E-state index contributed by atoms with van der Waals surface area (Å²) in [5.41, 5.74) is 10.9. The number of furan rings is 1. The molecular formula is C40H26N2OS. The summed E-state index contributed by atoms with van der Waals surface area (Å²) in [6.07, 6.45) is 0. The van der Waals surface area contributed by atoms with Gasteiger partial charge in [-0.05, 0) is 52.1 Å². The topological polar surface area (TPSA) is 37.5 Å². The van der Waals surface area contributed by atoms with Gasteiger partial charge in [-0.2, -0.15) is 0 Å². The third-order valence-electron chi connectivity index (χ3n) is 8.57. The van der Waals surface area contributed by atoms with Gasteiger partial charge in [0, 0.05) is 31.7 Å². The number of nitrogens with one attached hydrogen (secondary N) is 1. The number of rotatable bonds is 4. The van der Waals surface area contributed by atoms with Crippen LogP contribution in [0.1, 0.15) is 22.7 Å². The molecule has 1 N–H and O–H groups in total. The van der Waals surface area contributed by atoms with Crippen LogP contribution in [0.3, 0.4) is 0 Å². The minimum Gasteiger partial charge on any atom is -0.456 e. The van der Waals surface area contributed by atoms with E-state index in [9.17, 15) is 0 Å². The van der Waals surface area contributed by atoms with Crippen LogP contribution in [0.5, 0.6) is 0 Å². The number of fused-ring (bicyclic) bond motifs is 6. The summed E-state index contributed by atoms with van der Waals surface area (Å²) in [4.78, 5) is 7.84. The molecular weight excluding hydrogens is 557 g/mol. The molecule has 0 amide bonds. The van der Waals surface area contributed by atoms with Gasteiger partial charge in [0.05, 0.1) is 11.7 Å². The molecule has 1 aromatic heterocycles. The standard InChI is InChI=1S/C40H26N2OS/c1-3-12-25(13-4-1)28-16-7-8-17-29(28)27-22-23-30-34(24-27)43-33-20-11-19-32(36(30)33)40-41-37(26-14-5-2-6-15-26)39-38(42-40)31-18-9-10-21-35(31)44-39/h1-24,38H,(H,41,42). The fourth-order valence-electron chi connectivity index (χ4n) is 6.53. The first-order valence-electron chi connectivity index (χ1n) is 14.8. The maximum Gasteiger partial charge on any atom is 0.136 e. The van der Waals surface area contributed by atoms with Crippen molar-refractivity contribution in [1.29, 1.82) is 0 Å². The molecule has 208 valence electrons. The van der Waals surface area contributed by atoms with E-state index in [1.54, 1.807) is 0 Å². The molecule has 9 rings (SSSR count). The fraction of sp³-hybridized carbons (Fsp3) is 0.0250. The quantitative estimate of drug-likeness (QED) is 0.224. The molecule has 0 saturated carbocycles. The highest BCUT2D eigenvalue weighted by Gasteiger charge is 2.35. The van der Waals surface area contributed by atoms with Crippen LogP contribution in [0, 0.1) is 0 Å². The van der Waals surface area contributed by atoms with Crippen molar-refractivity contribution >= 4 is 45.2 Å². The molecule has 1 unspecified atom stereocenters. The van der Waals surface area contributed by atoms with E-state index in [1.165, 1.54) is 32.1 Å². The molecule has 3 heterocycles. The van der Waals surface area contributed by atoms with Gasteiger partial charge in [0.1, 0.15) is 17.0 Å². The van der Waals surface area contributed by atoms with E-state index in [2.05, 4.69) is 151 Å². The minimum absolute atomic E-state index is 0.0495. The molecule has 4 heteroatoms. The van der Waals surface area contributed by atoms with Crippen molar-refractivity contribution in [3.8, 4) is 22.3 Å². The number of thioether (sulfide) groups is 1. The van der Waals surface area contributed by atoms with Crippen molar-refractivity contribution in [2.45, 2.75) is 10.9 Å². The third kappa shape index (κ3) is 4.03. The Kier molecular flexibility index (Phi) is 5.81. The van der Waals surface area contributed by atoms with E-state index in [-0.39, 0.29) is 6.04 Å². The van der Waals surface area contributed by atoms with E-state index < -0.39 is 0 Å². The largest absolute Gasteiger partial charge is 0.456 e. The predicted octanol–water partition coefficient (Wildman–Crippen LogP) is 10.5. The Hall–Kier alpha value is -5.32. The van der Waals surface area contributed by atoms with Crippen molar-refractivity contribution < 1.29 is 4.42 Å². The first-order chi connectivity index (χ1) is 21.8. The third-order valence-corrected chi connectivity index (χ3v) is 9.81. The fourth-order valence-corrected chi connectivity index (χ4v) is 7.78. The number of hydrogen-bond donors (Lipinski definition) is 1. The van der Waals surface area contributed by atoms with Gasteiger partial charge in [-0.3, -0.25) is 0 Å². The molecule has 2 aliphatic heterocycles. The zero-order chi connectivity index (χ0) is 29.0. The summed E-state index contributed by atoms with van der Waals surface area (Å²) in [6.45, 7) is 0. The Morgan fingerprint density at radius 3 is 2.07 bits per heavy atom. The van der Waals surface area contributed by atoms with Crippen LogP contribution in [0.25, 0.3) is 49.9 Å². The lowest BCUT2D eigenvalue weighted by Gasteiger charge is -2.25. The first-order valence-corrected chi connectivity index (χ1v) is 15.7. The van der Waals surface area contributed by atoms with E-state index in [0.29, 0.717) is 0 Å². The first kappa shape index (κ1) is 25.2. The average Bonchev–Trinajstić information content (AvgIpc) is 3.66. The lowest BCUT2D eigenvalue weighted by atomic mass is 9.94. The van der Waals surface area contributed by atoms with Crippen LogP contribution in [-0.2, 0) is 0 Å². The van der Waals surface area contributed by atoms with E-state index >= 15 is 0 Å². The Morgan fingerprint density at radius 2 is 1.25 bits per heavy atom. The molecule has 7 aromatic rings. The monoisotopic (exact) mass is 582 g/mol. The van der Waals surface area contributed by atoms with Crippen LogP contribution in [0.4, 0.5) is 0 Å². The molecule has 2 aliphatic rings. The van der Waals surface area contributed by atoms with Crippen molar-refractivity contribution in [3.05, 3.63) is 167 Å². The van der Waals surface area contributed by atoms with Crippen LogP contribution in [0.2, 0.25) is 0 Å². The van der Waals surface area contributed by atoms with Crippen molar-refractivity contribution in [1.82, 2.24) is 5.32 Å². The Morgan fingerprint density at radius 1 is 0.568 bits per heavy atom. The van der Waals surface area contributed by atoms with E-state index in [0.717, 1.165) is 50.2 Å². The number of amidine groups is 1. The molecule has 1 atom stereocenters. The van der Waals surface area contributed by atoms with Gasteiger partial charge in [0.15, 0.2) is 0 Å². The summed E-state index contributed by atoms with van der Waals surface area (Å²) in [6, 6.07) is 51.2. The van der Waals surface area contributed by atoms with Gasteiger partial charge >= 0.3 is 0 Å². The van der Waals surface area contributed by atoms with Gasteiger partial charge < -0.3 is 9.73 Å². The molecule has 0 radical (unpaired) electrons. The van der Waals surface area contributed by atoms with Crippen LogP contribution >= 0.6 is 11.8 Å². The van der Waals surface area contributed by atoms with Crippen molar-refractivity contribution in [2.24, 2.45) is 4.99 Å². The van der Waals surface area contributed by atoms with Gasteiger partial charge in [0.25, 0.3) is 0 Å². The second-order valence-corrected chi connectivity index (χ2v) is 12.2. The highest BCUT2D eigenvalue weighted by Crippen LogP contribution is 2.52. The highest BCUT2D eigenvalue weighted by molar-refractivity contribution is 8.03. The number of benzene rings is 6. The summed E-state index contributed by atoms with van der Waals surface area (Å²) >= 11 is 1.82. The summed E-state index contributed by atoms with van der Waals surface area (Å²) in [7, 11) is 0. The van der Waals surface area contributed by atoms with Gasteiger partial charge in [-0.1, -0.05) is 133 Å². The molecule has 44 heavy (non-hydrogen) atoms. The molecule has 0 fully saturated rings. The number of nitrogens with zero attached hydrogens (tertiary/aromatic N) is 1. The lowest BCUT2D eigenvalue weighted by molar-refractivity contribution is 0.669. The Balaban J connectivity index is 1.20. The number of hydrogen-bond acceptors (Lipinski definition) is 4. The number of aliphatic imine (C=N–C) groups is 1. The molecule has 0 aliphatic carbocycles. The predicted molar refractivity (Wildman–Crippen MR) is 183 cm³/mol. The van der Waals surface area contributed by atoms with E-state index in [4.69, 9.17) is 9.41 Å². The molecule has 6 aromatic carbocycles. The maximum atomic E-state index is 6.55. The maximum absolute atomic E-state index is 6.55. The molecule has 0 bridgehead atoms. The lowest BCUT2D eigenvalue weighted by Crippen LogP contribution is -2.32. The Bertz CT molecular complexity index is 2280. The second-order valence-electron chi connectivity index (χ2n) is 11.2. The zero-order valence-electron chi connectivity index (χ0n) is 23.7. The highest BCUT2D eigenvalue weighted by atomic mass is 32.2. The molecule has 0 spiro atoms. The van der Waals surface area contributed by atoms with Crippen molar-refractivity contribution in [3.63, 3.8) is 0 Å². The Labute approximate surface area is 259 Å². The zero-order valence-corrected chi connectivity index (χ0v) is 24.5. The van der Waals surface area contributed by atoms with Crippen molar-refractivity contribution in [2.75, 3.05) is 0 Å². The summed E-state index contributed by atoms with van der Waals surface area (Å²) in [5.74, 6) is 0.863. The van der Waals surface area contributed by atoms with Crippen LogP contribution in [0.15, 0.2) is 165 Å². The van der Waals surface area contributed by atoms with Gasteiger partial charge in [0.2, 0.25) is 0 Å². The molecule has 3 nitrogen and oxygen atoms in total. The average molecular weight is 583 g/mol. The normalized spacial score (nSPS) is 15.6. The van der Waals surface area contributed by atoms with Crippen LogP contribution < -0.4 is 5.32 Å². The minimum atomic E-state index is 0.0495. The summed E-state index contributed by atoms with van der Waals surface area (Å²) in [5, 5.41) is 5.98. The van der Waals surface area contributed by atoms with Gasteiger partial charge in [-0.25, -0.2) is 4.99 Å². The smallest absolute Gasteiger partial charge is 0.136 e. The van der Waals surface area contributed by atoms with E-state index in [1.807, 2.05) is 11.8 Å². The summed E-state index contributed by atoms with van der Waals surface area (Å²) < 4.78 is 6.55. The van der Waals surface area contributed by atoms with Gasteiger partial charge in [-0.15, -0.1) is 0 Å². The SMILES string of the molecule is c1ccc(C2=C3Sc4ccccc4C3NC(c3cccc4oc5cc(-c6ccccc6-c6ccccc6)ccc5c34)=N2)cc1. The molecule has 0 saturated heterocycles. The van der Waals surface area contributed by atoms with Crippen LogP contribution in [-0.4, -0.2) is 5.84 Å². The second kappa shape index (κ2) is 10.1.